The first-order chi connectivity index (χ1) is 15.2. The number of likely N-dealkylation sites (N-methyl/N-ethyl adjacent to an activating group) is 1. The van der Waals surface area contributed by atoms with E-state index in [1.807, 2.05) is 37.9 Å². The van der Waals surface area contributed by atoms with Crippen LogP contribution in [0.25, 0.3) is 11.0 Å². The number of fused-ring (bicyclic) bond motifs is 1. The van der Waals surface area contributed by atoms with Gasteiger partial charge in [-0.1, -0.05) is 12.1 Å². The summed E-state index contributed by atoms with van der Waals surface area (Å²) in [4.78, 5) is 35.1. The van der Waals surface area contributed by atoms with Gasteiger partial charge in [-0.2, -0.15) is 0 Å². The van der Waals surface area contributed by atoms with E-state index in [1.165, 1.54) is 12.1 Å². The summed E-state index contributed by atoms with van der Waals surface area (Å²) in [6, 6.07) is 8.82. The first-order valence-corrected chi connectivity index (χ1v) is 10.7. The predicted octanol–water partition coefficient (Wildman–Crippen LogP) is 2.77. The summed E-state index contributed by atoms with van der Waals surface area (Å²) in [5.74, 6) is -0.976. The number of carbonyl (C=O) groups excluding carboxylic acids is 2. The average Bonchev–Trinajstić information content (AvgIpc) is 3.23. The SMILES string of the molecule is CC(C)N(C)[C@@H](C)C(=O)N[C@@H](Cc1cccc(F)c1)C(=O)NCc1cnc2[nH]ccc2c1. The monoisotopic (exact) mass is 439 g/mol. The Morgan fingerprint density at radius 2 is 1.91 bits per heavy atom. The summed E-state index contributed by atoms with van der Waals surface area (Å²) in [5.41, 5.74) is 2.25. The highest BCUT2D eigenvalue weighted by atomic mass is 19.1. The van der Waals surface area contributed by atoms with Crippen LogP contribution in [0.4, 0.5) is 4.39 Å². The molecule has 32 heavy (non-hydrogen) atoms. The topological polar surface area (TPSA) is 90.1 Å². The maximum atomic E-state index is 13.7. The molecule has 7 nitrogen and oxygen atoms in total. The van der Waals surface area contributed by atoms with Crippen LogP contribution in [0.3, 0.4) is 0 Å². The summed E-state index contributed by atoms with van der Waals surface area (Å²) < 4.78 is 13.7. The Bertz CT molecular complexity index is 1080. The van der Waals surface area contributed by atoms with Crippen molar-refractivity contribution in [2.24, 2.45) is 0 Å². The highest BCUT2D eigenvalue weighted by molar-refractivity contribution is 5.90. The number of hydrogen-bond donors (Lipinski definition) is 3. The maximum absolute atomic E-state index is 13.7. The zero-order valence-corrected chi connectivity index (χ0v) is 18.9. The average molecular weight is 440 g/mol. The van der Waals surface area contributed by atoms with Crippen LogP contribution in [-0.4, -0.2) is 51.9 Å². The van der Waals surface area contributed by atoms with E-state index < -0.39 is 12.1 Å². The van der Waals surface area contributed by atoms with Crippen molar-refractivity contribution in [3.8, 4) is 0 Å². The molecule has 170 valence electrons. The summed E-state index contributed by atoms with van der Waals surface area (Å²) in [6.07, 6.45) is 3.68. The highest BCUT2D eigenvalue weighted by Crippen LogP contribution is 2.12. The van der Waals surface area contributed by atoms with E-state index in [2.05, 4.69) is 20.6 Å². The molecule has 3 rings (SSSR count). The van der Waals surface area contributed by atoms with Crippen molar-refractivity contribution in [3.63, 3.8) is 0 Å². The molecule has 0 aliphatic rings. The number of aromatic amines is 1. The molecule has 0 saturated heterocycles. The number of carbonyl (C=O) groups is 2. The lowest BCUT2D eigenvalue weighted by molar-refractivity contribution is -0.131. The van der Waals surface area contributed by atoms with Gasteiger partial charge in [-0.05, 0) is 63.2 Å². The fourth-order valence-corrected chi connectivity index (χ4v) is 3.43. The second kappa shape index (κ2) is 10.4. The van der Waals surface area contributed by atoms with E-state index in [1.54, 1.807) is 31.5 Å². The molecule has 8 heteroatoms. The zero-order valence-electron chi connectivity index (χ0n) is 18.9. The largest absolute Gasteiger partial charge is 0.350 e. The number of aromatic nitrogens is 2. The van der Waals surface area contributed by atoms with Crippen molar-refractivity contribution in [1.29, 1.82) is 0 Å². The van der Waals surface area contributed by atoms with E-state index in [0.29, 0.717) is 5.56 Å². The Balaban J connectivity index is 1.72. The molecule has 3 N–H and O–H groups in total. The standard InChI is InChI=1S/C24H30FN5O2/c1-15(2)30(4)16(3)23(31)29-21(12-17-6-5-7-20(25)11-17)24(32)28-14-18-10-19-8-9-26-22(19)27-13-18/h5-11,13,15-16,21H,12,14H2,1-4H3,(H,26,27)(H,28,32)(H,29,31)/t16-,21-/m0/s1. The Kier molecular flexibility index (Phi) is 7.58. The van der Waals surface area contributed by atoms with Gasteiger partial charge in [0.2, 0.25) is 11.8 Å². The van der Waals surface area contributed by atoms with Crippen LogP contribution in [0.5, 0.6) is 0 Å². The van der Waals surface area contributed by atoms with Crippen molar-refractivity contribution in [1.82, 2.24) is 25.5 Å². The van der Waals surface area contributed by atoms with Crippen LogP contribution < -0.4 is 10.6 Å². The van der Waals surface area contributed by atoms with Gasteiger partial charge >= 0.3 is 0 Å². The molecule has 0 unspecified atom stereocenters. The summed E-state index contributed by atoms with van der Waals surface area (Å²) in [7, 11) is 1.86. The number of halogens is 1. The number of nitrogens with zero attached hydrogens (tertiary/aromatic N) is 2. The minimum atomic E-state index is -0.837. The van der Waals surface area contributed by atoms with Crippen molar-refractivity contribution < 1.29 is 14.0 Å². The molecule has 0 bridgehead atoms. The van der Waals surface area contributed by atoms with Gasteiger partial charge in [-0.25, -0.2) is 9.37 Å². The third kappa shape index (κ3) is 5.91. The number of amides is 2. The van der Waals surface area contributed by atoms with Gasteiger partial charge in [0.05, 0.1) is 6.04 Å². The first kappa shape index (κ1) is 23.4. The Morgan fingerprint density at radius 3 is 2.62 bits per heavy atom. The molecule has 0 aliphatic carbocycles. The van der Waals surface area contributed by atoms with Crippen molar-refractivity contribution in [2.45, 2.75) is 51.9 Å². The van der Waals surface area contributed by atoms with E-state index in [4.69, 9.17) is 0 Å². The maximum Gasteiger partial charge on any atom is 0.243 e. The summed E-state index contributed by atoms with van der Waals surface area (Å²) in [6.45, 7) is 6.06. The normalized spacial score (nSPS) is 13.3. The van der Waals surface area contributed by atoms with Crippen LogP contribution in [0, 0.1) is 5.82 Å². The lowest BCUT2D eigenvalue weighted by Gasteiger charge is -2.29. The van der Waals surface area contributed by atoms with Crippen LogP contribution in [0.15, 0.2) is 48.8 Å². The lowest BCUT2D eigenvalue weighted by atomic mass is 10.0. The molecule has 0 aliphatic heterocycles. The number of pyridine rings is 1. The number of H-pyrrole nitrogens is 1. The van der Waals surface area contributed by atoms with E-state index in [-0.39, 0.29) is 36.6 Å². The molecule has 2 amide bonds. The summed E-state index contributed by atoms with van der Waals surface area (Å²) >= 11 is 0. The van der Waals surface area contributed by atoms with Crippen molar-refractivity contribution >= 4 is 22.8 Å². The fourth-order valence-electron chi connectivity index (χ4n) is 3.43. The minimum Gasteiger partial charge on any atom is -0.350 e. The fraction of sp³-hybridized carbons (Fsp3) is 0.375. The number of rotatable bonds is 9. The van der Waals surface area contributed by atoms with Crippen LogP contribution in [0.2, 0.25) is 0 Å². The molecule has 1 aromatic carbocycles. The van der Waals surface area contributed by atoms with Crippen LogP contribution >= 0.6 is 0 Å². The number of hydrogen-bond acceptors (Lipinski definition) is 4. The third-order valence-corrected chi connectivity index (χ3v) is 5.69. The van der Waals surface area contributed by atoms with E-state index in [9.17, 15) is 14.0 Å². The molecule has 0 fully saturated rings. The van der Waals surface area contributed by atoms with Crippen LogP contribution in [-0.2, 0) is 22.6 Å². The van der Waals surface area contributed by atoms with E-state index >= 15 is 0 Å². The van der Waals surface area contributed by atoms with Gasteiger partial charge in [-0.3, -0.25) is 14.5 Å². The molecule has 2 atom stereocenters. The van der Waals surface area contributed by atoms with Gasteiger partial charge in [0.1, 0.15) is 17.5 Å². The second-order valence-corrected chi connectivity index (χ2v) is 8.31. The van der Waals surface area contributed by atoms with Gasteiger partial charge in [-0.15, -0.1) is 0 Å². The zero-order chi connectivity index (χ0) is 23.3. The molecular formula is C24H30FN5O2. The van der Waals surface area contributed by atoms with Gasteiger partial charge in [0, 0.05) is 36.8 Å². The van der Waals surface area contributed by atoms with Gasteiger partial charge in [0.25, 0.3) is 0 Å². The smallest absolute Gasteiger partial charge is 0.243 e. The second-order valence-electron chi connectivity index (χ2n) is 8.31. The molecule has 2 heterocycles. The van der Waals surface area contributed by atoms with E-state index in [0.717, 1.165) is 16.6 Å². The first-order valence-electron chi connectivity index (χ1n) is 10.7. The molecule has 0 spiro atoms. The predicted molar refractivity (Wildman–Crippen MR) is 122 cm³/mol. The molecule has 0 saturated carbocycles. The molecule has 2 aromatic heterocycles. The molecule has 3 aromatic rings. The molecular weight excluding hydrogens is 409 g/mol. The highest BCUT2D eigenvalue weighted by Gasteiger charge is 2.26. The number of nitrogens with one attached hydrogen (secondary N) is 3. The molecule has 0 radical (unpaired) electrons. The third-order valence-electron chi connectivity index (χ3n) is 5.69. The lowest BCUT2D eigenvalue weighted by Crippen LogP contribution is -2.53. The summed E-state index contributed by atoms with van der Waals surface area (Å²) in [5, 5.41) is 6.67. The Hall–Kier alpha value is -3.26. The quantitative estimate of drug-likeness (QED) is 0.478. The minimum absolute atomic E-state index is 0.169. The number of benzene rings is 1. The van der Waals surface area contributed by atoms with Crippen molar-refractivity contribution in [2.75, 3.05) is 7.05 Å². The van der Waals surface area contributed by atoms with Gasteiger partial charge < -0.3 is 15.6 Å². The Morgan fingerprint density at radius 1 is 1.12 bits per heavy atom. The van der Waals surface area contributed by atoms with Gasteiger partial charge in [0.15, 0.2) is 0 Å². The van der Waals surface area contributed by atoms with Crippen molar-refractivity contribution in [3.05, 3.63) is 65.7 Å². The Labute approximate surface area is 187 Å². The van der Waals surface area contributed by atoms with Crippen LogP contribution in [0.1, 0.15) is 31.9 Å².